The van der Waals surface area contributed by atoms with E-state index in [1.807, 2.05) is 4.57 Å². The summed E-state index contributed by atoms with van der Waals surface area (Å²) in [7, 11) is 0. The van der Waals surface area contributed by atoms with Crippen LogP contribution in [0.5, 0.6) is 0 Å². The quantitative estimate of drug-likeness (QED) is 0.233. The monoisotopic (exact) mass is 426 g/mol. The summed E-state index contributed by atoms with van der Waals surface area (Å²) < 4.78 is 12.9. The summed E-state index contributed by atoms with van der Waals surface area (Å²) in [6, 6.07) is 0. The van der Waals surface area contributed by atoms with Gasteiger partial charge in [0.25, 0.3) is 0 Å². The van der Waals surface area contributed by atoms with E-state index in [2.05, 4.69) is 15.3 Å². The van der Waals surface area contributed by atoms with E-state index >= 15 is 0 Å². The van der Waals surface area contributed by atoms with Crippen LogP contribution >= 0.6 is 0 Å². The smallest absolute Gasteiger partial charge is 0.243 e. The Bertz CT molecular complexity index is 859. The second-order valence-corrected chi connectivity index (χ2v) is 7.79. The van der Waals surface area contributed by atoms with E-state index in [4.69, 9.17) is 9.47 Å². The van der Waals surface area contributed by atoms with E-state index in [1.165, 1.54) is 6.34 Å². The number of hydrogen-bond donors (Lipinski definition) is 7. The van der Waals surface area contributed by atoms with Gasteiger partial charge >= 0.3 is 0 Å². The predicted octanol–water partition coefficient (Wildman–Crippen LogP) is -4.19. The minimum Gasteiger partial charge on any atom is -0.394 e. The van der Waals surface area contributed by atoms with Gasteiger partial charge < -0.3 is 50.0 Å². The first-order chi connectivity index (χ1) is 14.4. The Labute approximate surface area is 170 Å². The molecular weight excluding hydrogens is 402 g/mol. The summed E-state index contributed by atoms with van der Waals surface area (Å²) in [5.74, 6) is 0.928. The van der Waals surface area contributed by atoms with E-state index in [9.17, 15) is 30.6 Å². The van der Waals surface area contributed by atoms with Gasteiger partial charge in [-0.05, 0) is 0 Å². The Morgan fingerprint density at radius 2 is 1.60 bits per heavy atom. The molecule has 13 nitrogen and oxygen atoms in total. The lowest BCUT2D eigenvalue weighted by molar-refractivity contribution is -0.903. The molecule has 0 aliphatic carbocycles. The third kappa shape index (κ3) is 2.49. The van der Waals surface area contributed by atoms with Crippen LogP contribution in [0.1, 0.15) is 5.82 Å². The standard InChI is InChI=1S/C17H24N5O8/c23-3-7-10(25)12(27)16(29-7)22(17-13(28)11(26)8(4-24)30-17)6-20-9-14-18-1-2-21(14)5-19-15(9)22/h1-2,6-8,10-13,16-17,19,23-28H,3-5H2/q+1/t7-,8-,10-,11+,12-,13-,16-,17-,22?/m1/s1. The average Bonchev–Trinajstić information content (AvgIpc) is 3.49. The lowest BCUT2D eigenvalue weighted by atomic mass is 10.1. The van der Waals surface area contributed by atoms with Crippen LogP contribution < -0.4 is 5.32 Å². The van der Waals surface area contributed by atoms with Crippen molar-refractivity contribution in [3.8, 4) is 0 Å². The van der Waals surface area contributed by atoms with Crippen molar-refractivity contribution >= 4 is 12.0 Å². The van der Waals surface area contributed by atoms with Crippen LogP contribution in [0.4, 0.5) is 0 Å². The minimum absolute atomic E-state index is 0.307. The van der Waals surface area contributed by atoms with Crippen molar-refractivity contribution in [3.05, 3.63) is 24.0 Å². The average molecular weight is 426 g/mol. The molecule has 0 bridgehead atoms. The molecule has 0 aromatic carbocycles. The fourth-order valence-electron chi connectivity index (χ4n) is 4.65. The largest absolute Gasteiger partial charge is 0.394 e. The molecule has 5 rings (SSSR count). The zero-order valence-corrected chi connectivity index (χ0v) is 15.8. The molecule has 5 heterocycles. The van der Waals surface area contributed by atoms with Crippen molar-refractivity contribution in [2.75, 3.05) is 13.2 Å². The number of rotatable bonds is 4. The van der Waals surface area contributed by atoms with Crippen LogP contribution in [0.25, 0.3) is 5.70 Å². The summed E-state index contributed by atoms with van der Waals surface area (Å²) in [6.07, 6.45) is -5.56. The molecule has 4 aliphatic rings. The van der Waals surface area contributed by atoms with Crippen LogP contribution in [-0.2, 0) is 16.1 Å². The molecule has 9 atom stereocenters. The molecule has 0 amide bonds. The normalized spacial score (nSPS) is 45.0. The van der Waals surface area contributed by atoms with Crippen molar-refractivity contribution in [2.24, 2.45) is 4.99 Å². The summed E-state index contributed by atoms with van der Waals surface area (Å²) in [5.41, 5.74) is 0.418. The van der Waals surface area contributed by atoms with Crippen molar-refractivity contribution in [3.63, 3.8) is 0 Å². The molecule has 164 valence electrons. The Morgan fingerprint density at radius 3 is 2.13 bits per heavy atom. The van der Waals surface area contributed by atoms with Gasteiger partial charge in [-0.1, -0.05) is 0 Å². The Hall–Kier alpha value is -1.94. The van der Waals surface area contributed by atoms with Gasteiger partial charge in [0, 0.05) is 12.4 Å². The van der Waals surface area contributed by atoms with Crippen LogP contribution in [-0.4, -0.2) is 113 Å². The van der Waals surface area contributed by atoms with Gasteiger partial charge in [-0.15, -0.1) is 0 Å². The zero-order chi connectivity index (χ0) is 21.2. The summed E-state index contributed by atoms with van der Waals surface area (Å²) in [4.78, 5) is 8.75. The number of hydrogen-bond acceptors (Lipinski definition) is 11. The number of fused-ring (bicyclic) bond motifs is 2. The van der Waals surface area contributed by atoms with E-state index in [-0.39, 0.29) is 0 Å². The second kappa shape index (κ2) is 7.05. The second-order valence-electron chi connectivity index (χ2n) is 7.79. The number of aliphatic hydroxyl groups is 6. The molecule has 30 heavy (non-hydrogen) atoms. The highest BCUT2D eigenvalue weighted by Gasteiger charge is 2.66. The lowest BCUT2D eigenvalue weighted by Gasteiger charge is -2.43. The number of nitrogens with one attached hydrogen (secondary N) is 1. The third-order valence-electron chi connectivity index (χ3n) is 6.21. The molecule has 13 heteroatoms. The van der Waals surface area contributed by atoms with Gasteiger partial charge in [-0.2, -0.15) is 9.48 Å². The maximum atomic E-state index is 10.8. The summed E-state index contributed by atoms with van der Waals surface area (Å²) in [6.45, 7) is -0.766. The molecular formula is C17H24N5O8+. The fourth-order valence-corrected chi connectivity index (χ4v) is 4.65. The molecule has 2 fully saturated rings. The number of imidazole rings is 1. The number of aromatic nitrogens is 2. The van der Waals surface area contributed by atoms with Crippen LogP contribution in [0.3, 0.4) is 0 Å². The van der Waals surface area contributed by atoms with Crippen molar-refractivity contribution < 1.29 is 44.6 Å². The van der Waals surface area contributed by atoms with Crippen LogP contribution in [0.15, 0.2) is 23.2 Å². The highest BCUT2D eigenvalue weighted by molar-refractivity contribution is 5.75. The van der Waals surface area contributed by atoms with Gasteiger partial charge in [0.05, 0.1) is 19.9 Å². The topological polar surface area (TPSA) is 182 Å². The van der Waals surface area contributed by atoms with Crippen molar-refractivity contribution in [1.29, 1.82) is 0 Å². The molecule has 7 N–H and O–H groups in total. The van der Waals surface area contributed by atoms with Gasteiger partial charge in [-0.25, -0.2) is 4.98 Å². The Morgan fingerprint density at radius 1 is 1.00 bits per heavy atom. The van der Waals surface area contributed by atoms with Gasteiger partial charge in [0.2, 0.25) is 24.6 Å². The first-order valence-corrected chi connectivity index (χ1v) is 9.62. The first-order valence-electron chi connectivity index (χ1n) is 9.62. The molecule has 4 aliphatic heterocycles. The van der Waals surface area contributed by atoms with E-state index in [1.54, 1.807) is 12.4 Å². The third-order valence-corrected chi connectivity index (χ3v) is 6.21. The lowest BCUT2D eigenvalue weighted by Crippen LogP contribution is -2.67. The Kier molecular flexibility index (Phi) is 4.70. The summed E-state index contributed by atoms with van der Waals surface area (Å²) in [5, 5.41) is 64.5. The van der Waals surface area contributed by atoms with E-state index in [0.717, 1.165) is 0 Å². The number of nitrogens with zero attached hydrogens (tertiary/aromatic N) is 4. The number of aliphatic imine (C=N–C) groups is 1. The molecule has 2 saturated heterocycles. The number of ether oxygens (including phenoxy) is 2. The minimum atomic E-state index is -1.47. The van der Waals surface area contributed by atoms with Gasteiger partial charge in [0.1, 0.15) is 24.4 Å². The molecule has 1 aromatic rings. The van der Waals surface area contributed by atoms with Gasteiger partial charge in [0.15, 0.2) is 23.7 Å². The highest BCUT2D eigenvalue weighted by atomic mass is 16.6. The number of quaternary nitrogens is 1. The molecule has 1 unspecified atom stereocenters. The van der Waals surface area contributed by atoms with Crippen LogP contribution in [0.2, 0.25) is 0 Å². The molecule has 0 radical (unpaired) electrons. The number of aliphatic hydroxyl groups excluding tert-OH is 6. The van der Waals surface area contributed by atoms with Gasteiger partial charge in [-0.3, -0.25) is 0 Å². The van der Waals surface area contributed by atoms with E-state index in [0.29, 0.717) is 24.0 Å². The van der Waals surface area contributed by atoms with Crippen LogP contribution in [0, 0.1) is 0 Å². The highest BCUT2D eigenvalue weighted by Crippen LogP contribution is 2.44. The first kappa shape index (κ1) is 20.0. The molecule has 0 saturated carbocycles. The summed E-state index contributed by atoms with van der Waals surface area (Å²) >= 11 is 0. The van der Waals surface area contributed by atoms with E-state index < -0.39 is 66.8 Å². The molecule has 0 spiro atoms. The molecule has 1 aromatic heterocycles. The fraction of sp³-hybridized carbons (Fsp3) is 0.647. The SMILES string of the molecule is OC[C@H]1O[C@@H]([N+]2([C@@H]3O[C@H](CO)[C@@H](O)[C@H]3O)C=NC3=C2NCn2ccnc23)[C@H](O)[C@H]1O. The maximum Gasteiger partial charge on any atom is 0.243 e. The predicted molar refractivity (Wildman–Crippen MR) is 96.6 cm³/mol. The zero-order valence-electron chi connectivity index (χ0n) is 15.8. The van der Waals surface area contributed by atoms with Crippen molar-refractivity contribution in [1.82, 2.24) is 14.9 Å². The van der Waals surface area contributed by atoms with Crippen molar-refractivity contribution in [2.45, 2.75) is 55.7 Å². The maximum absolute atomic E-state index is 10.8. The Balaban J connectivity index is 1.65.